The molecule has 0 aliphatic heterocycles. The first kappa shape index (κ1) is 3.30. The summed E-state index contributed by atoms with van der Waals surface area (Å²) in [6.45, 7) is 0. The Labute approximate surface area is 41.9 Å². The zero-order valence-corrected chi connectivity index (χ0v) is 3.98. The van der Waals surface area contributed by atoms with Crippen molar-refractivity contribution in [2.45, 2.75) is 12.8 Å². The lowest BCUT2D eigenvalue weighted by atomic mass is 9.94. The minimum atomic E-state index is 1.23. The van der Waals surface area contributed by atoms with Gasteiger partial charge in [0.2, 0.25) is 0 Å². The molecule has 0 aromatic carbocycles. The quantitative estimate of drug-likeness (QED) is 0.473. The van der Waals surface area contributed by atoms with Gasteiger partial charge in [-0.3, -0.25) is 0 Å². The standard InChI is InChI=1S/C6H6O/c1-2-6-4-7-3-5(1)6/h3-4H,1-2H2. The topological polar surface area (TPSA) is 13.1 Å². The van der Waals surface area contributed by atoms with Gasteiger partial charge in [-0.25, -0.2) is 0 Å². The summed E-state index contributed by atoms with van der Waals surface area (Å²) in [5.41, 5.74) is 2.81. The van der Waals surface area contributed by atoms with Gasteiger partial charge in [0.25, 0.3) is 0 Å². The van der Waals surface area contributed by atoms with E-state index >= 15 is 0 Å². The highest BCUT2D eigenvalue weighted by atomic mass is 16.3. The van der Waals surface area contributed by atoms with Crippen molar-refractivity contribution in [2.75, 3.05) is 0 Å². The van der Waals surface area contributed by atoms with E-state index in [-0.39, 0.29) is 0 Å². The molecular formula is C6H6O. The zero-order chi connectivity index (χ0) is 4.69. The SMILES string of the molecule is c1occ2c1CC2. The molecule has 0 amide bonds. The Morgan fingerprint density at radius 1 is 1.14 bits per heavy atom. The van der Waals surface area contributed by atoms with E-state index in [0.29, 0.717) is 0 Å². The van der Waals surface area contributed by atoms with Crippen LogP contribution in [0.15, 0.2) is 16.9 Å². The molecule has 0 atom stereocenters. The van der Waals surface area contributed by atoms with Crippen LogP contribution in [0.3, 0.4) is 0 Å². The maximum atomic E-state index is 4.91. The van der Waals surface area contributed by atoms with E-state index < -0.39 is 0 Å². The smallest absolute Gasteiger partial charge is 0.0937 e. The monoisotopic (exact) mass is 94.0 g/mol. The third-order valence-electron chi connectivity index (χ3n) is 1.50. The van der Waals surface area contributed by atoms with Gasteiger partial charge in [0.15, 0.2) is 0 Å². The van der Waals surface area contributed by atoms with Gasteiger partial charge >= 0.3 is 0 Å². The summed E-state index contributed by atoms with van der Waals surface area (Å²) in [5.74, 6) is 0. The molecule has 1 heteroatoms. The first-order chi connectivity index (χ1) is 3.47. The van der Waals surface area contributed by atoms with Gasteiger partial charge in [-0.15, -0.1) is 0 Å². The molecule has 1 heterocycles. The lowest BCUT2D eigenvalue weighted by Crippen LogP contribution is -2.02. The van der Waals surface area contributed by atoms with Crippen molar-refractivity contribution in [2.24, 2.45) is 0 Å². The van der Waals surface area contributed by atoms with Crippen molar-refractivity contribution in [1.82, 2.24) is 0 Å². The third-order valence-corrected chi connectivity index (χ3v) is 1.50. The maximum absolute atomic E-state index is 4.91. The lowest BCUT2D eigenvalue weighted by Gasteiger charge is -2.08. The summed E-state index contributed by atoms with van der Waals surface area (Å²) in [6, 6.07) is 0. The first-order valence-corrected chi connectivity index (χ1v) is 2.51. The molecule has 1 aliphatic rings. The minimum Gasteiger partial charge on any atom is -0.472 e. The first-order valence-electron chi connectivity index (χ1n) is 2.51. The minimum absolute atomic E-state index is 1.23. The molecule has 0 fully saturated rings. The van der Waals surface area contributed by atoms with E-state index in [1.807, 2.05) is 12.5 Å². The molecule has 2 rings (SSSR count). The summed E-state index contributed by atoms with van der Waals surface area (Å²) in [4.78, 5) is 0. The van der Waals surface area contributed by atoms with Gasteiger partial charge in [0.1, 0.15) is 0 Å². The number of hydrogen-bond acceptors (Lipinski definition) is 1. The van der Waals surface area contributed by atoms with Gasteiger partial charge < -0.3 is 4.42 Å². The third kappa shape index (κ3) is 0.279. The molecule has 0 spiro atoms. The zero-order valence-electron chi connectivity index (χ0n) is 3.98. The van der Waals surface area contributed by atoms with Gasteiger partial charge in [-0.1, -0.05) is 0 Å². The van der Waals surface area contributed by atoms with Crippen molar-refractivity contribution in [3.63, 3.8) is 0 Å². The van der Waals surface area contributed by atoms with Crippen LogP contribution in [0.1, 0.15) is 11.1 Å². The highest BCUT2D eigenvalue weighted by Crippen LogP contribution is 2.22. The summed E-state index contributed by atoms with van der Waals surface area (Å²) in [7, 11) is 0. The lowest BCUT2D eigenvalue weighted by molar-refractivity contribution is 0.565. The Morgan fingerprint density at radius 2 is 1.71 bits per heavy atom. The molecule has 36 valence electrons. The maximum Gasteiger partial charge on any atom is 0.0937 e. The van der Waals surface area contributed by atoms with Crippen molar-refractivity contribution in [3.05, 3.63) is 23.7 Å². The van der Waals surface area contributed by atoms with Gasteiger partial charge in [0.05, 0.1) is 12.5 Å². The van der Waals surface area contributed by atoms with Gasteiger partial charge in [-0.2, -0.15) is 0 Å². The molecular weight excluding hydrogens is 88.1 g/mol. The fourth-order valence-electron chi connectivity index (χ4n) is 0.881. The normalized spacial score (nSPS) is 15.4. The Hall–Kier alpha value is -0.720. The summed E-state index contributed by atoms with van der Waals surface area (Å²) in [5, 5.41) is 0. The summed E-state index contributed by atoms with van der Waals surface area (Å²) >= 11 is 0. The van der Waals surface area contributed by atoms with Gasteiger partial charge in [-0.05, 0) is 24.0 Å². The second-order valence-corrected chi connectivity index (χ2v) is 1.92. The van der Waals surface area contributed by atoms with E-state index in [2.05, 4.69) is 0 Å². The fraction of sp³-hybridized carbons (Fsp3) is 0.333. The molecule has 1 aliphatic carbocycles. The molecule has 0 N–H and O–H groups in total. The molecule has 0 saturated heterocycles. The van der Waals surface area contributed by atoms with E-state index in [9.17, 15) is 0 Å². The number of aryl methyl sites for hydroxylation is 2. The number of hydrogen-bond donors (Lipinski definition) is 0. The second kappa shape index (κ2) is 0.915. The summed E-state index contributed by atoms with van der Waals surface area (Å²) in [6.07, 6.45) is 6.12. The van der Waals surface area contributed by atoms with E-state index in [1.54, 1.807) is 0 Å². The average molecular weight is 94.1 g/mol. The van der Waals surface area contributed by atoms with Crippen LogP contribution < -0.4 is 0 Å². The molecule has 1 aromatic rings. The van der Waals surface area contributed by atoms with Crippen molar-refractivity contribution >= 4 is 0 Å². The molecule has 0 radical (unpaired) electrons. The molecule has 1 nitrogen and oxygen atoms in total. The van der Waals surface area contributed by atoms with Crippen LogP contribution >= 0.6 is 0 Å². The van der Waals surface area contributed by atoms with Crippen LogP contribution in [-0.2, 0) is 12.8 Å². The van der Waals surface area contributed by atoms with E-state index in [1.165, 1.54) is 24.0 Å². The van der Waals surface area contributed by atoms with Crippen LogP contribution in [0, 0.1) is 0 Å². The Morgan fingerprint density at radius 3 is 2.00 bits per heavy atom. The number of rotatable bonds is 0. The number of furan rings is 1. The van der Waals surface area contributed by atoms with Crippen LogP contribution in [-0.4, -0.2) is 0 Å². The van der Waals surface area contributed by atoms with Gasteiger partial charge in [0, 0.05) is 0 Å². The van der Waals surface area contributed by atoms with Crippen molar-refractivity contribution < 1.29 is 4.42 Å². The van der Waals surface area contributed by atoms with E-state index in [0.717, 1.165) is 0 Å². The summed E-state index contributed by atoms with van der Waals surface area (Å²) < 4.78 is 4.91. The molecule has 0 bridgehead atoms. The van der Waals surface area contributed by atoms with Crippen molar-refractivity contribution in [1.29, 1.82) is 0 Å². The highest BCUT2D eigenvalue weighted by Gasteiger charge is 2.13. The Balaban J connectivity index is 2.69. The molecule has 1 aromatic heterocycles. The van der Waals surface area contributed by atoms with Crippen LogP contribution in [0.5, 0.6) is 0 Å². The second-order valence-electron chi connectivity index (χ2n) is 1.92. The van der Waals surface area contributed by atoms with Crippen LogP contribution in [0.25, 0.3) is 0 Å². The van der Waals surface area contributed by atoms with Crippen LogP contribution in [0.4, 0.5) is 0 Å². The Bertz CT molecular complexity index is 158. The number of fused-ring (bicyclic) bond motifs is 1. The van der Waals surface area contributed by atoms with Crippen molar-refractivity contribution in [3.8, 4) is 0 Å². The predicted molar refractivity (Wildman–Crippen MR) is 26.1 cm³/mol. The molecule has 0 saturated carbocycles. The van der Waals surface area contributed by atoms with E-state index in [4.69, 9.17) is 4.42 Å². The molecule has 7 heavy (non-hydrogen) atoms. The highest BCUT2D eigenvalue weighted by molar-refractivity contribution is 5.29. The Kier molecular flexibility index (Phi) is 0.432. The average Bonchev–Trinajstić information content (AvgIpc) is 1.85. The molecule has 0 unspecified atom stereocenters. The predicted octanol–water partition coefficient (Wildman–Crippen LogP) is 1.38. The largest absolute Gasteiger partial charge is 0.472 e. The van der Waals surface area contributed by atoms with Crippen LogP contribution in [0.2, 0.25) is 0 Å². The fourth-order valence-corrected chi connectivity index (χ4v) is 0.881.